The average molecular weight is 111 g/mol. The number of allylic oxidation sites excluding steroid dienone is 1. The maximum atomic E-state index is 3.86. The van der Waals surface area contributed by atoms with Crippen molar-refractivity contribution in [3.8, 4) is 0 Å². The fraction of sp³-hybridized carbons (Fsp3) is 0.200. The molecule has 0 fully saturated rings. The van der Waals surface area contributed by atoms with Gasteiger partial charge in [0.2, 0.25) is 0 Å². The molecule has 0 saturated carbocycles. The standard InChI is InChI=1S/C5H5NS/c1-2-4-6-7-5-3-1/h3-5H,1H2. The number of hydrogen-bond acceptors (Lipinski definition) is 2. The SMILES string of the molecule is [C]1C=NSC=CC1. The summed E-state index contributed by atoms with van der Waals surface area (Å²) in [5.41, 5.74) is 0. The third-order valence-electron chi connectivity index (χ3n) is 0.598. The van der Waals surface area contributed by atoms with Crippen LogP contribution in [-0.4, -0.2) is 6.21 Å². The molecule has 2 heteroatoms. The lowest BCUT2D eigenvalue weighted by molar-refractivity contribution is 1.35. The summed E-state index contributed by atoms with van der Waals surface area (Å²) in [5, 5.41) is 1.95. The minimum atomic E-state index is 0.899. The first-order valence-electron chi connectivity index (χ1n) is 2.06. The van der Waals surface area contributed by atoms with Crippen LogP contribution in [0.1, 0.15) is 6.42 Å². The van der Waals surface area contributed by atoms with E-state index in [2.05, 4.69) is 10.8 Å². The van der Waals surface area contributed by atoms with Crippen molar-refractivity contribution in [2.24, 2.45) is 4.40 Å². The monoisotopic (exact) mass is 111 g/mol. The fourth-order valence-corrected chi connectivity index (χ4v) is 0.703. The van der Waals surface area contributed by atoms with Gasteiger partial charge >= 0.3 is 0 Å². The Labute approximate surface area is 47.7 Å². The zero-order valence-corrected chi connectivity index (χ0v) is 4.61. The minimum Gasteiger partial charge on any atom is -0.224 e. The molecular weight excluding hydrogens is 106 g/mol. The zero-order chi connectivity index (χ0) is 4.95. The second-order valence-corrected chi connectivity index (χ2v) is 1.81. The van der Waals surface area contributed by atoms with Crippen molar-refractivity contribution in [2.45, 2.75) is 6.42 Å². The predicted octanol–water partition coefficient (Wildman–Crippen LogP) is 1.70. The Morgan fingerprint density at radius 1 is 1.71 bits per heavy atom. The highest BCUT2D eigenvalue weighted by atomic mass is 32.2. The van der Waals surface area contributed by atoms with Crippen LogP contribution in [0.5, 0.6) is 0 Å². The van der Waals surface area contributed by atoms with Crippen LogP contribution >= 0.6 is 11.9 Å². The maximum Gasteiger partial charge on any atom is 0.0335 e. The number of nitrogens with zero attached hydrogens (tertiary/aromatic N) is 1. The van der Waals surface area contributed by atoms with E-state index in [4.69, 9.17) is 0 Å². The highest BCUT2D eigenvalue weighted by molar-refractivity contribution is 8.01. The molecule has 0 aliphatic carbocycles. The van der Waals surface area contributed by atoms with Gasteiger partial charge in [-0.3, -0.25) is 0 Å². The fourth-order valence-electron chi connectivity index (χ4n) is 0.315. The second kappa shape index (κ2) is 2.86. The Morgan fingerprint density at radius 3 is 3.71 bits per heavy atom. The third-order valence-corrected chi connectivity index (χ3v) is 1.14. The highest BCUT2D eigenvalue weighted by Gasteiger charge is 1.82. The van der Waals surface area contributed by atoms with Gasteiger partial charge in [-0.1, -0.05) is 6.08 Å². The summed E-state index contributed by atoms with van der Waals surface area (Å²) in [4.78, 5) is 0. The van der Waals surface area contributed by atoms with Crippen LogP contribution in [0.25, 0.3) is 0 Å². The molecule has 1 rings (SSSR count). The van der Waals surface area contributed by atoms with Crippen LogP contribution in [0, 0.1) is 6.42 Å². The summed E-state index contributed by atoms with van der Waals surface area (Å²) >= 11 is 1.44. The molecule has 0 atom stereocenters. The van der Waals surface area contributed by atoms with Gasteiger partial charge < -0.3 is 0 Å². The van der Waals surface area contributed by atoms with Crippen molar-refractivity contribution in [2.75, 3.05) is 0 Å². The minimum absolute atomic E-state index is 0.899. The molecule has 0 aromatic heterocycles. The van der Waals surface area contributed by atoms with Crippen molar-refractivity contribution in [1.82, 2.24) is 0 Å². The maximum absolute atomic E-state index is 3.86. The Balaban J connectivity index is 2.38. The molecule has 0 N–H and O–H groups in total. The van der Waals surface area contributed by atoms with Gasteiger partial charge in [0, 0.05) is 24.6 Å². The Kier molecular flexibility index (Phi) is 2.00. The summed E-state index contributed by atoms with van der Waals surface area (Å²) in [6.07, 6.45) is 7.57. The van der Waals surface area contributed by atoms with Gasteiger partial charge in [0.25, 0.3) is 0 Å². The quantitative estimate of drug-likeness (QED) is 0.433. The van der Waals surface area contributed by atoms with Gasteiger partial charge in [-0.15, -0.1) is 0 Å². The van der Waals surface area contributed by atoms with E-state index in [1.807, 2.05) is 11.5 Å². The van der Waals surface area contributed by atoms with E-state index in [-0.39, 0.29) is 0 Å². The lowest BCUT2D eigenvalue weighted by Gasteiger charge is -1.72. The van der Waals surface area contributed by atoms with Crippen molar-refractivity contribution < 1.29 is 0 Å². The summed E-state index contributed by atoms with van der Waals surface area (Å²) in [6, 6.07) is 0. The van der Waals surface area contributed by atoms with Crippen LogP contribution in [0.2, 0.25) is 0 Å². The van der Waals surface area contributed by atoms with Crippen molar-refractivity contribution in [3.63, 3.8) is 0 Å². The van der Waals surface area contributed by atoms with E-state index >= 15 is 0 Å². The summed E-state index contributed by atoms with van der Waals surface area (Å²) in [6.45, 7) is 0. The lowest BCUT2D eigenvalue weighted by atomic mass is 10.3. The summed E-state index contributed by atoms with van der Waals surface area (Å²) in [7, 11) is 0. The zero-order valence-electron chi connectivity index (χ0n) is 3.79. The molecule has 0 unspecified atom stereocenters. The van der Waals surface area contributed by atoms with Gasteiger partial charge in [0.05, 0.1) is 0 Å². The summed E-state index contributed by atoms with van der Waals surface area (Å²) in [5.74, 6) is 0. The number of rotatable bonds is 0. The molecule has 0 amide bonds. The molecule has 7 heavy (non-hydrogen) atoms. The van der Waals surface area contributed by atoms with Crippen LogP contribution in [0.15, 0.2) is 15.9 Å². The molecule has 36 valence electrons. The Bertz CT molecular complexity index is 84.3. The molecule has 0 spiro atoms. The largest absolute Gasteiger partial charge is 0.224 e. The molecule has 0 bridgehead atoms. The molecular formula is C5H5NS. The van der Waals surface area contributed by atoms with Gasteiger partial charge in [0.15, 0.2) is 0 Å². The molecule has 0 aromatic carbocycles. The van der Waals surface area contributed by atoms with Gasteiger partial charge in [0.1, 0.15) is 0 Å². The Hall–Kier alpha value is -0.240. The van der Waals surface area contributed by atoms with E-state index in [0.29, 0.717) is 0 Å². The molecule has 0 aromatic rings. The van der Waals surface area contributed by atoms with Crippen LogP contribution < -0.4 is 0 Å². The van der Waals surface area contributed by atoms with Crippen molar-refractivity contribution >= 4 is 18.2 Å². The average Bonchev–Trinajstić information content (AvgIpc) is 1.90. The Morgan fingerprint density at radius 2 is 2.71 bits per heavy atom. The first kappa shape index (κ1) is 4.91. The van der Waals surface area contributed by atoms with Crippen molar-refractivity contribution in [1.29, 1.82) is 0 Å². The molecule has 1 aliphatic heterocycles. The molecule has 0 saturated heterocycles. The van der Waals surface area contributed by atoms with E-state index < -0.39 is 0 Å². The highest BCUT2D eigenvalue weighted by Crippen LogP contribution is 2.07. The number of hydrogen-bond donors (Lipinski definition) is 0. The predicted molar refractivity (Wildman–Crippen MR) is 33.1 cm³/mol. The second-order valence-electron chi connectivity index (χ2n) is 1.12. The van der Waals surface area contributed by atoms with Crippen LogP contribution in [-0.2, 0) is 0 Å². The van der Waals surface area contributed by atoms with Gasteiger partial charge in [-0.2, -0.15) is 0 Å². The first-order valence-corrected chi connectivity index (χ1v) is 2.90. The van der Waals surface area contributed by atoms with E-state index in [0.717, 1.165) is 6.42 Å². The van der Waals surface area contributed by atoms with E-state index in [9.17, 15) is 0 Å². The van der Waals surface area contributed by atoms with E-state index in [1.165, 1.54) is 11.9 Å². The lowest BCUT2D eigenvalue weighted by Crippen LogP contribution is -1.67. The molecule has 1 heterocycles. The first-order chi connectivity index (χ1) is 3.50. The summed E-state index contributed by atoms with van der Waals surface area (Å²) < 4.78 is 3.86. The molecule has 1 nitrogen and oxygen atoms in total. The molecule has 1 aliphatic rings. The van der Waals surface area contributed by atoms with Crippen molar-refractivity contribution in [3.05, 3.63) is 17.9 Å². The van der Waals surface area contributed by atoms with Crippen LogP contribution in [0.3, 0.4) is 0 Å². The normalized spacial score (nSPS) is 19.4. The van der Waals surface area contributed by atoms with Gasteiger partial charge in [-0.05, 0) is 11.8 Å². The van der Waals surface area contributed by atoms with E-state index in [1.54, 1.807) is 6.21 Å². The smallest absolute Gasteiger partial charge is 0.0335 e. The molecule has 2 radical (unpaired) electrons. The van der Waals surface area contributed by atoms with Crippen LogP contribution in [0.4, 0.5) is 0 Å². The topological polar surface area (TPSA) is 12.4 Å². The van der Waals surface area contributed by atoms with Gasteiger partial charge in [-0.25, -0.2) is 4.40 Å². The third kappa shape index (κ3) is 1.78.